The van der Waals surface area contributed by atoms with Crippen LogP contribution in [0.4, 0.5) is 0 Å². The maximum atomic E-state index is 12.0. The van der Waals surface area contributed by atoms with Gasteiger partial charge in [-0.05, 0) is 38.1 Å². The van der Waals surface area contributed by atoms with E-state index in [2.05, 4.69) is 11.3 Å². The summed E-state index contributed by atoms with van der Waals surface area (Å²) in [5, 5.41) is 0.421. The van der Waals surface area contributed by atoms with Gasteiger partial charge < -0.3 is 9.64 Å². The van der Waals surface area contributed by atoms with Crippen LogP contribution >= 0.6 is 11.6 Å². The van der Waals surface area contributed by atoms with Crippen molar-refractivity contribution in [2.45, 2.75) is 25.2 Å². The summed E-state index contributed by atoms with van der Waals surface area (Å²) in [7, 11) is -3.74. The maximum absolute atomic E-state index is 12.0. The van der Waals surface area contributed by atoms with Crippen LogP contribution in [0.5, 0.6) is 0 Å². The molecule has 1 aromatic carbocycles. The van der Waals surface area contributed by atoms with E-state index >= 15 is 0 Å². The minimum absolute atomic E-state index is 0.0452. The fraction of sp³-hybridized carbons (Fsp3) is 0.412. The highest BCUT2D eigenvalue weighted by Gasteiger charge is 2.16. The molecule has 0 radical (unpaired) electrons. The zero-order valence-electron chi connectivity index (χ0n) is 14.8. The Kier molecular flexibility index (Phi) is 8.77. The number of sulfonamides is 1. The number of likely N-dealkylation sites (N-methyl/N-ethyl adjacent to an activating group) is 1. The van der Waals surface area contributed by atoms with Gasteiger partial charge in [0.05, 0.1) is 11.3 Å². The molecule has 0 saturated carbocycles. The number of hydrogen-bond acceptors (Lipinski definition) is 5. The van der Waals surface area contributed by atoms with Crippen molar-refractivity contribution in [3.8, 4) is 0 Å². The third kappa shape index (κ3) is 7.55. The molecule has 1 aromatic rings. The van der Waals surface area contributed by atoms with Gasteiger partial charge >= 0.3 is 5.97 Å². The van der Waals surface area contributed by atoms with Gasteiger partial charge in [0.2, 0.25) is 10.0 Å². The Morgan fingerprint density at radius 2 is 1.88 bits per heavy atom. The highest BCUT2D eigenvalue weighted by atomic mass is 35.5. The standard InChI is InChI=1S/C17H23ClN2O5S/c1-4-20(11-13(2)3)16(21)12-25-17(22)9-10-19-26(23,24)15-7-5-14(18)6-8-15/h5-8,19H,2,4,9-12H2,1,3H3. The number of nitrogens with zero attached hydrogens (tertiary/aromatic N) is 1. The molecule has 0 aromatic heterocycles. The molecule has 0 unspecified atom stereocenters. The monoisotopic (exact) mass is 402 g/mol. The first-order chi connectivity index (χ1) is 12.2. The molecule has 7 nitrogen and oxygen atoms in total. The fourth-order valence-electron chi connectivity index (χ4n) is 1.99. The van der Waals surface area contributed by atoms with Gasteiger partial charge in [0.1, 0.15) is 0 Å². The van der Waals surface area contributed by atoms with E-state index in [0.29, 0.717) is 18.1 Å². The second-order valence-corrected chi connectivity index (χ2v) is 7.83. The number of carbonyl (C=O) groups excluding carboxylic acids is 2. The van der Waals surface area contributed by atoms with E-state index in [-0.39, 0.29) is 30.4 Å². The Hall–Kier alpha value is -1.90. The van der Waals surface area contributed by atoms with Gasteiger partial charge in [-0.1, -0.05) is 23.8 Å². The Morgan fingerprint density at radius 1 is 1.27 bits per heavy atom. The second kappa shape index (κ2) is 10.3. The van der Waals surface area contributed by atoms with Crippen molar-refractivity contribution < 1.29 is 22.7 Å². The Morgan fingerprint density at radius 3 is 2.42 bits per heavy atom. The van der Waals surface area contributed by atoms with Gasteiger partial charge in [0, 0.05) is 24.7 Å². The first kappa shape index (κ1) is 22.1. The third-order valence-electron chi connectivity index (χ3n) is 3.30. The van der Waals surface area contributed by atoms with Crippen LogP contribution in [0.1, 0.15) is 20.3 Å². The van der Waals surface area contributed by atoms with Crippen molar-refractivity contribution in [2.75, 3.05) is 26.2 Å². The molecule has 0 fully saturated rings. The molecule has 1 rings (SSSR count). The SMILES string of the molecule is C=C(C)CN(CC)C(=O)COC(=O)CCNS(=O)(=O)c1ccc(Cl)cc1. The van der Waals surface area contributed by atoms with E-state index in [0.717, 1.165) is 5.57 Å². The molecule has 0 aliphatic carbocycles. The molecule has 0 bridgehead atoms. The number of benzene rings is 1. The number of rotatable bonds is 10. The Balaban J connectivity index is 2.41. The van der Waals surface area contributed by atoms with Gasteiger partial charge in [-0.2, -0.15) is 0 Å². The van der Waals surface area contributed by atoms with Crippen LogP contribution in [0.25, 0.3) is 0 Å². The molecular weight excluding hydrogens is 380 g/mol. The van der Waals surface area contributed by atoms with Crippen LogP contribution < -0.4 is 4.72 Å². The lowest BCUT2D eigenvalue weighted by molar-refractivity contribution is -0.151. The largest absolute Gasteiger partial charge is 0.456 e. The molecular formula is C17H23ClN2O5S. The highest BCUT2D eigenvalue weighted by Crippen LogP contribution is 2.13. The summed E-state index contributed by atoms with van der Waals surface area (Å²) in [5.41, 5.74) is 0.822. The van der Waals surface area contributed by atoms with Crippen LogP contribution in [0, 0.1) is 0 Å². The number of amides is 1. The summed E-state index contributed by atoms with van der Waals surface area (Å²) in [4.78, 5) is 25.2. The molecule has 0 saturated heterocycles. The normalized spacial score (nSPS) is 11.0. The van der Waals surface area contributed by atoms with Crippen molar-refractivity contribution in [3.05, 3.63) is 41.4 Å². The predicted octanol–water partition coefficient (Wildman–Crippen LogP) is 1.98. The van der Waals surface area contributed by atoms with Crippen molar-refractivity contribution in [1.29, 1.82) is 0 Å². The molecule has 0 aliphatic heterocycles. The lowest BCUT2D eigenvalue weighted by Crippen LogP contribution is -2.36. The summed E-state index contributed by atoms with van der Waals surface area (Å²) >= 11 is 5.72. The number of ether oxygens (including phenoxy) is 1. The number of nitrogens with one attached hydrogen (secondary N) is 1. The first-order valence-electron chi connectivity index (χ1n) is 7.98. The third-order valence-corrected chi connectivity index (χ3v) is 5.03. The summed E-state index contributed by atoms with van der Waals surface area (Å²) in [5.74, 6) is -0.992. The predicted molar refractivity (Wildman–Crippen MR) is 99.3 cm³/mol. The quantitative estimate of drug-likeness (QED) is 0.477. The van der Waals surface area contributed by atoms with Gasteiger partial charge in [-0.25, -0.2) is 13.1 Å². The Bertz CT molecular complexity index is 747. The Labute approximate surface area is 159 Å². The number of halogens is 1. The molecule has 1 N–H and O–H groups in total. The summed E-state index contributed by atoms with van der Waals surface area (Å²) in [6.45, 7) is 7.70. The summed E-state index contributed by atoms with van der Waals surface area (Å²) < 4.78 is 31.3. The fourth-order valence-corrected chi connectivity index (χ4v) is 3.15. The van der Waals surface area contributed by atoms with Gasteiger partial charge in [0.25, 0.3) is 5.91 Å². The molecule has 0 spiro atoms. The maximum Gasteiger partial charge on any atom is 0.307 e. The van der Waals surface area contributed by atoms with Gasteiger partial charge in [-0.15, -0.1) is 0 Å². The zero-order valence-corrected chi connectivity index (χ0v) is 16.4. The van der Waals surface area contributed by atoms with Gasteiger partial charge in [-0.3, -0.25) is 9.59 Å². The molecule has 26 heavy (non-hydrogen) atoms. The minimum atomic E-state index is -3.74. The van der Waals surface area contributed by atoms with E-state index in [1.54, 1.807) is 6.92 Å². The lowest BCUT2D eigenvalue weighted by Gasteiger charge is -2.20. The number of esters is 1. The molecule has 0 aliphatic rings. The molecule has 0 atom stereocenters. The van der Waals surface area contributed by atoms with Crippen molar-refractivity contribution in [2.24, 2.45) is 0 Å². The van der Waals surface area contributed by atoms with Crippen LogP contribution in [0.3, 0.4) is 0 Å². The minimum Gasteiger partial charge on any atom is -0.456 e. The average molecular weight is 403 g/mol. The lowest BCUT2D eigenvalue weighted by atomic mass is 10.3. The molecule has 1 amide bonds. The van der Waals surface area contributed by atoms with E-state index in [4.69, 9.17) is 16.3 Å². The van der Waals surface area contributed by atoms with Gasteiger partial charge in [0.15, 0.2) is 6.61 Å². The van der Waals surface area contributed by atoms with Crippen LogP contribution in [0.2, 0.25) is 5.02 Å². The highest BCUT2D eigenvalue weighted by molar-refractivity contribution is 7.89. The molecule has 9 heteroatoms. The van der Waals surface area contributed by atoms with Crippen LogP contribution in [0.15, 0.2) is 41.3 Å². The smallest absolute Gasteiger partial charge is 0.307 e. The number of hydrogen-bond donors (Lipinski definition) is 1. The van der Waals surface area contributed by atoms with E-state index in [1.807, 2.05) is 6.92 Å². The van der Waals surface area contributed by atoms with Crippen molar-refractivity contribution in [1.82, 2.24) is 9.62 Å². The summed E-state index contributed by atoms with van der Waals surface area (Å²) in [6.07, 6.45) is -0.188. The van der Waals surface area contributed by atoms with E-state index < -0.39 is 16.0 Å². The molecule has 0 heterocycles. The topological polar surface area (TPSA) is 92.8 Å². The van der Waals surface area contributed by atoms with Crippen LogP contribution in [-0.2, 0) is 24.3 Å². The first-order valence-corrected chi connectivity index (χ1v) is 9.85. The second-order valence-electron chi connectivity index (χ2n) is 5.63. The van der Waals surface area contributed by atoms with Crippen molar-refractivity contribution >= 4 is 33.5 Å². The van der Waals surface area contributed by atoms with E-state index in [9.17, 15) is 18.0 Å². The summed E-state index contributed by atoms with van der Waals surface area (Å²) in [6, 6.07) is 5.64. The van der Waals surface area contributed by atoms with E-state index in [1.165, 1.54) is 29.2 Å². The zero-order chi connectivity index (χ0) is 19.7. The average Bonchev–Trinajstić information content (AvgIpc) is 2.57. The molecule has 144 valence electrons. The number of carbonyl (C=O) groups is 2. The van der Waals surface area contributed by atoms with Crippen LogP contribution in [-0.4, -0.2) is 51.4 Å². The van der Waals surface area contributed by atoms with Crippen molar-refractivity contribution in [3.63, 3.8) is 0 Å².